The molecule has 0 atom stereocenters. The van der Waals surface area contributed by atoms with Crippen molar-refractivity contribution >= 4 is 17.5 Å². The number of rotatable bonds is 4. The molecule has 4 heteroatoms. The Hall–Kier alpha value is -2.75. The van der Waals surface area contributed by atoms with Gasteiger partial charge in [-0.1, -0.05) is 12.1 Å². The minimum atomic E-state index is -0.513. The van der Waals surface area contributed by atoms with Gasteiger partial charge in [-0.25, -0.2) is 4.79 Å². The zero-order chi connectivity index (χ0) is 15.4. The summed E-state index contributed by atoms with van der Waals surface area (Å²) in [7, 11) is 0. The normalized spacial score (nSPS) is 10.0. The quantitative estimate of drug-likeness (QED) is 0.490. The van der Waals surface area contributed by atoms with Crippen LogP contribution in [0.3, 0.4) is 0 Å². The average Bonchev–Trinajstić information content (AvgIpc) is 2.47. The highest BCUT2D eigenvalue weighted by molar-refractivity contribution is 5.96. The maximum absolute atomic E-state index is 11.9. The largest absolute Gasteiger partial charge is 0.423 e. The summed E-state index contributed by atoms with van der Waals surface area (Å²) in [6.07, 6.45) is 0. The van der Waals surface area contributed by atoms with Crippen molar-refractivity contribution in [3.05, 3.63) is 65.2 Å². The number of ketones is 2. The molecule has 0 heterocycles. The SMILES string of the molecule is CC(=O)c1ccc(OC(=O)c2ccc(C(C)=O)cc2)cc1. The maximum Gasteiger partial charge on any atom is 0.343 e. The Morgan fingerprint density at radius 1 is 0.667 bits per heavy atom. The van der Waals surface area contributed by atoms with E-state index >= 15 is 0 Å². The van der Waals surface area contributed by atoms with Crippen LogP contribution >= 0.6 is 0 Å². The van der Waals surface area contributed by atoms with Gasteiger partial charge < -0.3 is 4.74 Å². The van der Waals surface area contributed by atoms with Crippen LogP contribution in [0, 0.1) is 0 Å². The third-order valence-electron chi connectivity index (χ3n) is 3.00. The van der Waals surface area contributed by atoms with Gasteiger partial charge in [-0.15, -0.1) is 0 Å². The van der Waals surface area contributed by atoms with E-state index in [0.29, 0.717) is 22.4 Å². The molecule has 2 aromatic rings. The Kier molecular flexibility index (Phi) is 4.28. The first-order valence-electron chi connectivity index (χ1n) is 6.41. The first-order valence-corrected chi connectivity index (χ1v) is 6.41. The number of hydrogen-bond acceptors (Lipinski definition) is 4. The molecule has 2 rings (SSSR count). The Balaban J connectivity index is 2.10. The summed E-state index contributed by atoms with van der Waals surface area (Å²) in [6.45, 7) is 2.93. The second-order valence-electron chi connectivity index (χ2n) is 4.60. The van der Waals surface area contributed by atoms with Crippen LogP contribution in [0.25, 0.3) is 0 Å². The van der Waals surface area contributed by atoms with E-state index in [-0.39, 0.29) is 11.6 Å². The summed E-state index contributed by atoms with van der Waals surface area (Å²) in [5.74, 6) is -0.260. The average molecular weight is 282 g/mol. The van der Waals surface area contributed by atoms with Gasteiger partial charge in [-0.2, -0.15) is 0 Å². The van der Waals surface area contributed by atoms with Gasteiger partial charge >= 0.3 is 5.97 Å². The van der Waals surface area contributed by atoms with E-state index in [1.807, 2.05) is 0 Å². The molecule has 0 aliphatic heterocycles. The van der Waals surface area contributed by atoms with Crippen LogP contribution in [-0.2, 0) is 0 Å². The molecule has 0 fully saturated rings. The standard InChI is InChI=1S/C17H14O4/c1-11(18)13-3-5-15(6-4-13)17(20)21-16-9-7-14(8-10-16)12(2)19/h3-10H,1-2H3. The Morgan fingerprint density at radius 2 is 1.05 bits per heavy atom. The number of benzene rings is 2. The van der Waals surface area contributed by atoms with Crippen molar-refractivity contribution in [2.75, 3.05) is 0 Å². The summed E-state index contributed by atoms with van der Waals surface area (Å²) in [6, 6.07) is 12.6. The fourth-order valence-electron chi connectivity index (χ4n) is 1.76. The lowest BCUT2D eigenvalue weighted by molar-refractivity contribution is 0.0734. The molecule has 0 unspecified atom stereocenters. The molecule has 0 amide bonds. The number of carbonyl (C=O) groups excluding carboxylic acids is 3. The molecular formula is C17H14O4. The molecule has 0 N–H and O–H groups in total. The topological polar surface area (TPSA) is 60.4 Å². The predicted molar refractivity (Wildman–Crippen MR) is 77.9 cm³/mol. The summed E-state index contributed by atoms with van der Waals surface area (Å²) >= 11 is 0. The summed E-state index contributed by atoms with van der Waals surface area (Å²) in [5.41, 5.74) is 1.45. The Bertz CT molecular complexity index is 682. The minimum absolute atomic E-state index is 0.0484. The molecule has 2 aromatic carbocycles. The van der Waals surface area contributed by atoms with Crippen molar-refractivity contribution < 1.29 is 19.1 Å². The number of ether oxygens (including phenoxy) is 1. The highest BCUT2D eigenvalue weighted by atomic mass is 16.5. The van der Waals surface area contributed by atoms with E-state index < -0.39 is 5.97 Å². The minimum Gasteiger partial charge on any atom is -0.423 e. The van der Waals surface area contributed by atoms with E-state index in [0.717, 1.165) is 0 Å². The van der Waals surface area contributed by atoms with Crippen LogP contribution < -0.4 is 4.74 Å². The molecular weight excluding hydrogens is 268 g/mol. The van der Waals surface area contributed by atoms with Gasteiger partial charge in [0.15, 0.2) is 11.6 Å². The van der Waals surface area contributed by atoms with E-state index in [4.69, 9.17) is 4.74 Å². The monoisotopic (exact) mass is 282 g/mol. The van der Waals surface area contributed by atoms with E-state index in [9.17, 15) is 14.4 Å². The molecule has 0 radical (unpaired) electrons. The zero-order valence-corrected chi connectivity index (χ0v) is 11.8. The van der Waals surface area contributed by atoms with Gasteiger partial charge in [0.25, 0.3) is 0 Å². The molecule has 21 heavy (non-hydrogen) atoms. The van der Waals surface area contributed by atoms with Crippen LogP contribution in [0.4, 0.5) is 0 Å². The molecule has 0 aliphatic rings. The molecule has 0 bridgehead atoms. The van der Waals surface area contributed by atoms with Crippen molar-refractivity contribution in [3.8, 4) is 5.75 Å². The van der Waals surface area contributed by atoms with Crippen LogP contribution in [0.2, 0.25) is 0 Å². The fourth-order valence-corrected chi connectivity index (χ4v) is 1.76. The number of hydrogen-bond donors (Lipinski definition) is 0. The van der Waals surface area contributed by atoms with Gasteiger partial charge in [-0.3, -0.25) is 9.59 Å². The van der Waals surface area contributed by atoms with Gasteiger partial charge in [0.1, 0.15) is 5.75 Å². The number of carbonyl (C=O) groups is 3. The predicted octanol–water partition coefficient (Wildman–Crippen LogP) is 3.31. The van der Waals surface area contributed by atoms with Crippen molar-refractivity contribution in [1.29, 1.82) is 0 Å². The Morgan fingerprint density at radius 3 is 1.48 bits per heavy atom. The number of esters is 1. The first-order chi connectivity index (χ1) is 9.97. The van der Waals surface area contributed by atoms with Crippen molar-refractivity contribution in [1.82, 2.24) is 0 Å². The van der Waals surface area contributed by atoms with Gasteiger partial charge in [0, 0.05) is 11.1 Å². The van der Waals surface area contributed by atoms with Crippen LogP contribution in [0.1, 0.15) is 44.9 Å². The second kappa shape index (κ2) is 6.13. The van der Waals surface area contributed by atoms with E-state index in [2.05, 4.69) is 0 Å². The second-order valence-corrected chi connectivity index (χ2v) is 4.60. The maximum atomic E-state index is 11.9. The van der Waals surface area contributed by atoms with Gasteiger partial charge in [-0.05, 0) is 50.2 Å². The summed E-state index contributed by atoms with van der Waals surface area (Å²) in [4.78, 5) is 34.3. The van der Waals surface area contributed by atoms with Gasteiger partial charge in [0.05, 0.1) is 5.56 Å². The first kappa shape index (κ1) is 14.7. The lowest BCUT2D eigenvalue weighted by Gasteiger charge is -2.05. The van der Waals surface area contributed by atoms with Crippen LogP contribution in [0.15, 0.2) is 48.5 Å². The fraction of sp³-hybridized carbons (Fsp3) is 0.118. The lowest BCUT2D eigenvalue weighted by atomic mass is 10.1. The molecule has 106 valence electrons. The molecule has 0 saturated heterocycles. The van der Waals surface area contributed by atoms with E-state index in [1.54, 1.807) is 48.5 Å². The summed E-state index contributed by atoms with van der Waals surface area (Å²) < 4.78 is 5.20. The van der Waals surface area contributed by atoms with Crippen molar-refractivity contribution in [3.63, 3.8) is 0 Å². The highest BCUT2D eigenvalue weighted by Crippen LogP contribution is 2.15. The third-order valence-corrected chi connectivity index (χ3v) is 3.00. The highest BCUT2D eigenvalue weighted by Gasteiger charge is 2.09. The van der Waals surface area contributed by atoms with Crippen molar-refractivity contribution in [2.45, 2.75) is 13.8 Å². The molecule has 0 spiro atoms. The number of Topliss-reactive ketones (excluding diaryl/α,β-unsaturated/α-hetero) is 2. The van der Waals surface area contributed by atoms with Gasteiger partial charge in [0.2, 0.25) is 0 Å². The Labute approximate surface area is 122 Å². The molecule has 0 saturated carbocycles. The zero-order valence-electron chi connectivity index (χ0n) is 11.8. The molecule has 0 aliphatic carbocycles. The van der Waals surface area contributed by atoms with E-state index in [1.165, 1.54) is 13.8 Å². The van der Waals surface area contributed by atoms with Crippen LogP contribution in [-0.4, -0.2) is 17.5 Å². The lowest BCUT2D eigenvalue weighted by Crippen LogP contribution is -2.09. The molecule has 4 nitrogen and oxygen atoms in total. The van der Waals surface area contributed by atoms with Crippen molar-refractivity contribution in [2.24, 2.45) is 0 Å². The molecule has 0 aromatic heterocycles. The van der Waals surface area contributed by atoms with Crippen LogP contribution in [0.5, 0.6) is 5.75 Å². The summed E-state index contributed by atoms with van der Waals surface area (Å²) in [5, 5.41) is 0. The third kappa shape index (κ3) is 3.63. The smallest absolute Gasteiger partial charge is 0.343 e.